The molecule has 4 aromatic heterocycles. The first-order chi connectivity index (χ1) is 15.9. The smallest absolute Gasteiger partial charge is 0.229 e. The summed E-state index contributed by atoms with van der Waals surface area (Å²) in [5.41, 5.74) is 10.8. The first-order valence-electron chi connectivity index (χ1n) is 10.7. The van der Waals surface area contributed by atoms with E-state index in [9.17, 15) is 4.79 Å². The van der Waals surface area contributed by atoms with E-state index in [1.165, 1.54) is 0 Å². The van der Waals surface area contributed by atoms with E-state index >= 15 is 0 Å². The van der Waals surface area contributed by atoms with E-state index < -0.39 is 0 Å². The molecular weight excluding hydrogens is 418 g/mol. The first-order valence-corrected chi connectivity index (χ1v) is 10.7. The third-order valence-corrected chi connectivity index (χ3v) is 6.06. The number of fused-ring (bicyclic) bond motifs is 1. The molecule has 1 amide bonds. The van der Waals surface area contributed by atoms with Crippen LogP contribution in [0.4, 0.5) is 11.6 Å². The number of carbonyl (C=O) groups excluding carboxylic acids is 1. The van der Waals surface area contributed by atoms with E-state index in [1.54, 1.807) is 24.2 Å². The number of pyridine rings is 3. The minimum absolute atomic E-state index is 0.0385. The molecule has 168 valence electrons. The highest BCUT2D eigenvalue weighted by molar-refractivity contribution is 5.99. The number of nitrogens with one attached hydrogen (secondary N) is 1. The van der Waals surface area contributed by atoms with Gasteiger partial charge in [-0.05, 0) is 54.0 Å². The molecule has 1 saturated carbocycles. The van der Waals surface area contributed by atoms with Crippen molar-refractivity contribution in [2.45, 2.75) is 25.9 Å². The van der Waals surface area contributed by atoms with Crippen LogP contribution in [0.25, 0.3) is 22.0 Å². The van der Waals surface area contributed by atoms with Gasteiger partial charge in [0.15, 0.2) is 0 Å². The minimum atomic E-state index is -0.0700. The van der Waals surface area contributed by atoms with Crippen LogP contribution in [0.15, 0.2) is 43.0 Å². The Morgan fingerprint density at radius 1 is 1.30 bits per heavy atom. The summed E-state index contributed by atoms with van der Waals surface area (Å²) in [7, 11) is 3.53. The van der Waals surface area contributed by atoms with Gasteiger partial charge in [-0.3, -0.25) is 14.5 Å². The Bertz CT molecular complexity index is 1360. The fourth-order valence-electron chi connectivity index (χ4n) is 4.32. The lowest BCUT2D eigenvalue weighted by Crippen LogP contribution is -2.15. The van der Waals surface area contributed by atoms with Crippen molar-refractivity contribution < 1.29 is 9.53 Å². The number of anilines is 2. The summed E-state index contributed by atoms with van der Waals surface area (Å²) >= 11 is 0. The molecule has 1 fully saturated rings. The number of hydrogen-bond donors (Lipinski definition) is 2. The van der Waals surface area contributed by atoms with Crippen molar-refractivity contribution in [1.29, 1.82) is 0 Å². The van der Waals surface area contributed by atoms with Gasteiger partial charge in [0, 0.05) is 55.3 Å². The number of nitrogen functional groups attached to an aromatic ring is 1. The molecule has 0 aliphatic heterocycles. The van der Waals surface area contributed by atoms with Crippen LogP contribution in [0.3, 0.4) is 0 Å². The number of amides is 1. The van der Waals surface area contributed by atoms with E-state index in [4.69, 9.17) is 10.5 Å². The number of aromatic nitrogens is 5. The molecule has 0 aromatic carbocycles. The molecule has 0 radical (unpaired) electrons. The van der Waals surface area contributed by atoms with Crippen molar-refractivity contribution in [1.82, 2.24) is 24.7 Å². The van der Waals surface area contributed by atoms with Gasteiger partial charge in [-0.15, -0.1) is 0 Å². The zero-order chi connectivity index (χ0) is 23.1. The van der Waals surface area contributed by atoms with Gasteiger partial charge in [0.05, 0.1) is 18.5 Å². The summed E-state index contributed by atoms with van der Waals surface area (Å²) < 4.78 is 7.10. The van der Waals surface area contributed by atoms with E-state index in [0.29, 0.717) is 23.9 Å². The molecule has 2 atom stereocenters. The fraction of sp³-hybridized carbons (Fsp3) is 0.292. The Morgan fingerprint density at radius 3 is 2.91 bits per heavy atom. The van der Waals surface area contributed by atoms with Gasteiger partial charge in [0.25, 0.3) is 0 Å². The Kier molecular flexibility index (Phi) is 5.26. The number of ether oxygens (including phenoxy) is 1. The maximum absolute atomic E-state index is 12.8. The van der Waals surface area contributed by atoms with E-state index in [-0.39, 0.29) is 17.7 Å². The second kappa shape index (κ2) is 8.25. The average molecular weight is 444 g/mol. The van der Waals surface area contributed by atoms with Crippen LogP contribution < -0.4 is 11.1 Å². The molecule has 33 heavy (non-hydrogen) atoms. The number of nitrogens with zero attached hydrogens (tertiary/aromatic N) is 5. The predicted molar refractivity (Wildman–Crippen MR) is 125 cm³/mol. The number of aryl methyl sites for hydroxylation is 2. The van der Waals surface area contributed by atoms with Crippen LogP contribution >= 0.6 is 0 Å². The highest BCUT2D eigenvalue weighted by Crippen LogP contribution is 2.47. The lowest BCUT2D eigenvalue weighted by Gasteiger charge is -2.13. The van der Waals surface area contributed by atoms with Crippen LogP contribution in [0.1, 0.15) is 29.2 Å². The lowest BCUT2D eigenvalue weighted by molar-refractivity contribution is -0.117. The van der Waals surface area contributed by atoms with Crippen molar-refractivity contribution in [3.63, 3.8) is 0 Å². The molecular formula is C24H25N7O2. The summed E-state index contributed by atoms with van der Waals surface area (Å²) in [5, 5.41) is 8.72. The zero-order valence-electron chi connectivity index (χ0n) is 18.7. The predicted octanol–water partition coefficient (Wildman–Crippen LogP) is 3.20. The Balaban J connectivity index is 1.43. The Labute approximate surface area is 191 Å². The Morgan fingerprint density at radius 2 is 2.15 bits per heavy atom. The second-order valence-corrected chi connectivity index (χ2v) is 8.43. The van der Waals surface area contributed by atoms with Crippen LogP contribution in [-0.4, -0.2) is 37.7 Å². The molecule has 9 nitrogen and oxygen atoms in total. The van der Waals surface area contributed by atoms with Crippen LogP contribution in [0.5, 0.6) is 0 Å². The quantitative estimate of drug-likeness (QED) is 0.469. The monoisotopic (exact) mass is 443 g/mol. The summed E-state index contributed by atoms with van der Waals surface area (Å²) in [6.45, 7) is 2.37. The van der Waals surface area contributed by atoms with Gasteiger partial charge < -0.3 is 15.8 Å². The molecule has 4 heterocycles. The van der Waals surface area contributed by atoms with Gasteiger partial charge in [0.2, 0.25) is 5.91 Å². The summed E-state index contributed by atoms with van der Waals surface area (Å²) in [6.07, 6.45) is 8.00. The van der Waals surface area contributed by atoms with E-state index in [2.05, 4.69) is 25.4 Å². The van der Waals surface area contributed by atoms with Gasteiger partial charge in [-0.2, -0.15) is 5.10 Å². The van der Waals surface area contributed by atoms with E-state index in [0.717, 1.165) is 39.6 Å². The molecule has 1 aliphatic rings. The number of hydrogen-bond acceptors (Lipinski definition) is 7. The van der Waals surface area contributed by atoms with Crippen molar-refractivity contribution in [2.24, 2.45) is 13.0 Å². The van der Waals surface area contributed by atoms with Crippen molar-refractivity contribution >= 4 is 28.3 Å². The standard InChI is InChI=1S/C24H25N7O2/c1-13-22(14(12-33-3)4-5-26-13)20-6-15-7-21(27-10-19(15)23(25)29-20)30-24(32)18-8-17(18)16-9-28-31(2)11-16/h4-7,9-11,17-18H,8,12H2,1-3H3,(H2,25,29)(H,27,30,32)/t17-,18+/m0/s1. The van der Waals surface area contributed by atoms with Gasteiger partial charge >= 0.3 is 0 Å². The molecule has 4 aromatic rings. The largest absolute Gasteiger partial charge is 0.383 e. The first kappa shape index (κ1) is 21.0. The molecule has 0 saturated heterocycles. The summed E-state index contributed by atoms with van der Waals surface area (Å²) in [5.74, 6) is 0.959. The number of rotatable bonds is 6. The average Bonchev–Trinajstić information content (AvgIpc) is 3.47. The third-order valence-electron chi connectivity index (χ3n) is 6.06. The summed E-state index contributed by atoms with van der Waals surface area (Å²) in [4.78, 5) is 26.2. The van der Waals surface area contributed by atoms with Gasteiger partial charge in [-0.25, -0.2) is 9.97 Å². The van der Waals surface area contributed by atoms with E-state index in [1.807, 2.05) is 44.6 Å². The number of methoxy groups -OCH3 is 1. The highest BCUT2D eigenvalue weighted by Gasteiger charge is 2.44. The van der Waals surface area contributed by atoms with Crippen molar-refractivity contribution in [2.75, 3.05) is 18.2 Å². The molecule has 0 unspecified atom stereocenters. The zero-order valence-corrected chi connectivity index (χ0v) is 18.7. The van der Waals surface area contributed by atoms with Gasteiger partial charge in [-0.1, -0.05) is 0 Å². The second-order valence-electron chi connectivity index (χ2n) is 8.43. The van der Waals surface area contributed by atoms with Crippen LogP contribution in [-0.2, 0) is 23.2 Å². The summed E-state index contributed by atoms with van der Waals surface area (Å²) in [6, 6.07) is 5.69. The van der Waals surface area contributed by atoms with Crippen molar-refractivity contribution in [3.8, 4) is 11.3 Å². The highest BCUT2D eigenvalue weighted by atomic mass is 16.5. The van der Waals surface area contributed by atoms with Crippen molar-refractivity contribution in [3.05, 3.63) is 59.8 Å². The van der Waals surface area contributed by atoms with Crippen LogP contribution in [0, 0.1) is 12.8 Å². The normalized spacial score (nSPS) is 17.3. The maximum Gasteiger partial charge on any atom is 0.229 e. The molecule has 5 rings (SSSR count). The molecule has 3 N–H and O–H groups in total. The SMILES string of the molecule is COCc1ccnc(C)c1-c1cc2cc(NC(=O)[C@@H]3C[C@H]3c3cnn(C)c3)ncc2c(N)n1. The Hall–Kier alpha value is -3.85. The topological polar surface area (TPSA) is 121 Å². The van der Waals surface area contributed by atoms with Gasteiger partial charge in [0.1, 0.15) is 11.6 Å². The maximum atomic E-state index is 12.8. The molecule has 0 spiro atoms. The molecule has 0 bridgehead atoms. The molecule has 1 aliphatic carbocycles. The fourth-order valence-corrected chi connectivity index (χ4v) is 4.32. The molecule has 9 heteroatoms. The third kappa shape index (κ3) is 4.03. The number of carbonyl (C=O) groups is 1. The van der Waals surface area contributed by atoms with Crippen LogP contribution in [0.2, 0.25) is 0 Å². The minimum Gasteiger partial charge on any atom is -0.383 e. The lowest BCUT2D eigenvalue weighted by atomic mass is 10.0. The number of nitrogens with two attached hydrogens (primary N) is 1.